The van der Waals surface area contributed by atoms with Gasteiger partial charge in [-0.05, 0) is 44.9 Å². The number of hydrogen-bond donors (Lipinski definition) is 1. The van der Waals surface area contributed by atoms with Gasteiger partial charge in [0.15, 0.2) is 0 Å². The summed E-state index contributed by atoms with van der Waals surface area (Å²) in [5.41, 5.74) is 8.90. The van der Waals surface area contributed by atoms with Gasteiger partial charge in [-0.2, -0.15) is 0 Å². The Morgan fingerprint density at radius 3 is 2.56 bits per heavy atom. The van der Waals surface area contributed by atoms with E-state index >= 15 is 0 Å². The molecule has 0 aliphatic heterocycles. The number of nitrogens with two attached hydrogens (primary N) is 1. The van der Waals surface area contributed by atoms with Crippen molar-refractivity contribution in [3.8, 4) is 0 Å². The van der Waals surface area contributed by atoms with Gasteiger partial charge in [0.1, 0.15) is 0 Å². The zero-order valence-corrected chi connectivity index (χ0v) is 11.1. The molecule has 0 aromatic carbocycles. The average Bonchev–Trinajstić information content (AvgIpc) is 3.08. The third-order valence-corrected chi connectivity index (χ3v) is 3.33. The molecule has 1 saturated carbocycles. The van der Waals surface area contributed by atoms with Gasteiger partial charge in [0.2, 0.25) is 0 Å². The topological polar surface area (TPSA) is 26.0 Å². The molecule has 1 nitrogen and oxygen atoms in total. The van der Waals surface area contributed by atoms with Gasteiger partial charge in [0.25, 0.3) is 0 Å². The molecule has 0 saturated heterocycles. The van der Waals surface area contributed by atoms with Crippen LogP contribution in [0.25, 0.3) is 0 Å². The molecule has 2 N–H and O–H groups in total. The molecule has 0 spiro atoms. The van der Waals surface area contributed by atoms with Crippen molar-refractivity contribution in [3.63, 3.8) is 0 Å². The predicted octanol–water partition coefficient (Wildman–Crippen LogP) is 4.20. The minimum absolute atomic E-state index is 0.240. The Morgan fingerprint density at radius 1 is 1.38 bits per heavy atom. The first kappa shape index (κ1) is 13.5. The van der Waals surface area contributed by atoms with E-state index in [1.165, 1.54) is 43.3 Å². The Labute approximate surface area is 101 Å². The van der Waals surface area contributed by atoms with Crippen molar-refractivity contribution in [2.45, 2.75) is 65.3 Å². The number of rotatable bonds is 7. The fraction of sp³-hybridized carbons (Fsp3) is 0.733. The maximum atomic E-state index is 6.04. The number of unbranched alkanes of at least 4 members (excludes halogenated alkanes) is 1. The van der Waals surface area contributed by atoms with E-state index in [0.29, 0.717) is 0 Å². The molecule has 16 heavy (non-hydrogen) atoms. The minimum atomic E-state index is 0.240. The summed E-state index contributed by atoms with van der Waals surface area (Å²) in [6, 6.07) is 0.240. The van der Waals surface area contributed by atoms with Gasteiger partial charge in [0, 0.05) is 6.04 Å². The lowest BCUT2D eigenvalue weighted by Crippen LogP contribution is -2.19. The molecule has 0 radical (unpaired) electrons. The molecule has 0 unspecified atom stereocenters. The van der Waals surface area contributed by atoms with E-state index in [9.17, 15) is 0 Å². The van der Waals surface area contributed by atoms with Crippen molar-refractivity contribution in [2.75, 3.05) is 0 Å². The molecule has 1 rings (SSSR count). The van der Waals surface area contributed by atoms with Crippen LogP contribution in [0.4, 0.5) is 0 Å². The summed E-state index contributed by atoms with van der Waals surface area (Å²) in [6.07, 6.45) is 12.4. The van der Waals surface area contributed by atoms with Gasteiger partial charge in [-0.1, -0.05) is 43.6 Å². The normalized spacial score (nSPS) is 20.0. The minimum Gasteiger partial charge on any atom is -0.324 e. The second kappa shape index (κ2) is 6.90. The Kier molecular flexibility index (Phi) is 5.83. The van der Waals surface area contributed by atoms with Crippen molar-refractivity contribution < 1.29 is 0 Å². The van der Waals surface area contributed by atoms with Crippen molar-refractivity contribution in [1.29, 1.82) is 0 Å². The highest BCUT2D eigenvalue weighted by atomic mass is 14.6. The number of allylic oxidation sites excluding steroid dienone is 3. The summed E-state index contributed by atoms with van der Waals surface area (Å²) in [6.45, 7) is 6.57. The molecule has 1 fully saturated rings. The Hall–Kier alpha value is -0.560. The largest absolute Gasteiger partial charge is 0.324 e. The molecule has 1 heteroatoms. The van der Waals surface area contributed by atoms with Crippen LogP contribution in [-0.4, -0.2) is 6.04 Å². The summed E-state index contributed by atoms with van der Waals surface area (Å²) >= 11 is 0. The Bertz CT molecular complexity index is 259. The van der Waals surface area contributed by atoms with Gasteiger partial charge < -0.3 is 5.73 Å². The van der Waals surface area contributed by atoms with Gasteiger partial charge in [-0.3, -0.25) is 0 Å². The zero-order valence-electron chi connectivity index (χ0n) is 11.1. The van der Waals surface area contributed by atoms with Crippen LogP contribution in [0, 0.1) is 5.92 Å². The third kappa shape index (κ3) is 4.98. The lowest BCUT2D eigenvalue weighted by atomic mass is 10.00. The van der Waals surface area contributed by atoms with Gasteiger partial charge in [0.05, 0.1) is 0 Å². The molecule has 92 valence electrons. The van der Waals surface area contributed by atoms with Gasteiger partial charge in [-0.15, -0.1) is 0 Å². The highest BCUT2D eigenvalue weighted by Gasteiger charge is 2.18. The number of hydrogen-bond acceptors (Lipinski definition) is 1. The van der Waals surface area contributed by atoms with Crippen molar-refractivity contribution in [3.05, 3.63) is 23.3 Å². The molecule has 0 amide bonds. The first-order valence-electron chi connectivity index (χ1n) is 6.81. The van der Waals surface area contributed by atoms with Gasteiger partial charge in [-0.25, -0.2) is 0 Å². The summed E-state index contributed by atoms with van der Waals surface area (Å²) < 4.78 is 0. The molecular formula is C15H27N. The quantitative estimate of drug-likeness (QED) is 0.641. The Balaban J connectivity index is 2.60. The average molecular weight is 221 g/mol. The molecule has 0 aromatic rings. The zero-order chi connectivity index (χ0) is 12.0. The van der Waals surface area contributed by atoms with Crippen LogP contribution >= 0.6 is 0 Å². The highest BCUT2D eigenvalue weighted by Crippen LogP contribution is 2.32. The van der Waals surface area contributed by atoms with E-state index in [4.69, 9.17) is 5.73 Å². The molecule has 0 heterocycles. The van der Waals surface area contributed by atoms with E-state index in [1.54, 1.807) is 0 Å². The summed E-state index contributed by atoms with van der Waals surface area (Å²) in [4.78, 5) is 0. The highest BCUT2D eigenvalue weighted by molar-refractivity contribution is 5.26. The SMILES string of the molecule is CCCCC(=C/C1CC1)/C=C(\C)[C@H](N)CC. The third-order valence-electron chi connectivity index (χ3n) is 3.33. The fourth-order valence-corrected chi connectivity index (χ4v) is 1.87. The van der Waals surface area contributed by atoms with Crippen LogP contribution in [0.1, 0.15) is 59.3 Å². The summed E-state index contributed by atoms with van der Waals surface area (Å²) in [5.74, 6) is 0.869. The van der Waals surface area contributed by atoms with Crippen molar-refractivity contribution >= 4 is 0 Å². The van der Waals surface area contributed by atoms with E-state index in [-0.39, 0.29) is 6.04 Å². The van der Waals surface area contributed by atoms with Crippen LogP contribution in [-0.2, 0) is 0 Å². The molecule has 1 atom stereocenters. The predicted molar refractivity (Wildman–Crippen MR) is 72.4 cm³/mol. The second-order valence-corrected chi connectivity index (χ2v) is 5.09. The van der Waals surface area contributed by atoms with Crippen LogP contribution in [0.3, 0.4) is 0 Å². The van der Waals surface area contributed by atoms with E-state index in [1.807, 2.05) is 0 Å². The Morgan fingerprint density at radius 2 is 2.06 bits per heavy atom. The van der Waals surface area contributed by atoms with Crippen LogP contribution in [0.2, 0.25) is 0 Å². The standard InChI is InChI=1S/C15H27N/c1-4-6-7-14(11-13-8-9-13)10-12(3)15(16)5-2/h10-11,13,15H,4-9,16H2,1-3H3/b12-10+,14-11-/t15-/m1/s1. The summed E-state index contributed by atoms with van der Waals surface area (Å²) in [7, 11) is 0. The van der Waals surface area contributed by atoms with Crippen molar-refractivity contribution in [2.24, 2.45) is 11.7 Å². The van der Waals surface area contributed by atoms with E-state index in [2.05, 4.69) is 32.9 Å². The van der Waals surface area contributed by atoms with Crippen LogP contribution in [0.15, 0.2) is 23.3 Å². The molecule has 0 aromatic heterocycles. The first-order valence-corrected chi connectivity index (χ1v) is 6.81. The van der Waals surface area contributed by atoms with Gasteiger partial charge >= 0.3 is 0 Å². The maximum Gasteiger partial charge on any atom is 0.0251 e. The maximum absolute atomic E-state index is 6.04. The van der Waals surface area contributed by atoms with Crippen molar-refractivity contribution in [1.82, 2.24) is 0 Å². The van der Waals surface area contributed by atoms with E-state index < -0.39 is 0 Å². The second-order valence-electron chi connectivity index (χ2n) is 5.09. The first-order chi connectivity index (χ1) is 7.67. The summed E-state index contributed by atoms with van der Waals surface area (Å²) in [5, 5.41) is 0. The van der Waals surface area contributed by atoms with Crippen LogP contribution < -0.4 is 5.73 Å². The fourth-order valence-electron chi connectivity index (χ4n) is 1.87. The lowest BCUT2D eigenvalue weighted by molar-refractivity contribution is 0.734. The van der Waals surface area contributed by atoms with E-state index in [0.717, 1.165) is 12.3 Å². The molecule has 1 aliphatic carbocycles. The smallest absolute Gasteiger partial charge is 0.0251 e. The molecular weight excluding hydrogens is 194 g/mol. The molecule has 1 aliphatic rings. The monoisotopic (exact) mass is 221 g/mol. The molecule has 0 bridgehead atoms. The van der Waals surface area contributed by atoms with Crippen LogP contribution in [0.5, 0.6) is 0 Å². The lowest BCUT2D eigenvalue weighted by Gasteiger charge is -2.11.